The number of hydrogen-bond donors (Lipinski definition) is 1. The number of rotatable bonds is 6. The zero-order valence-electron chi connectivity index (χ0n) is 12.3. The maximum atomic E-state index is 9.45. The lowest BCUT2D eigenvalue weighted by atomic mass is 10.1. The zero-order chi connectivity index (χ0) is 14.5. The molecule has 1 aromatic heterocycles. The van der Waals surface area contributed by atoms with E-state index in [1.807, 2.05) is 41.2 Å². The molecule has 108 valence electrons. The van der Waals surface area contributed by atoms with E-state index in [-0.39, 0.29) is 0 Å². The zero-order valence-corrected chi connectivity index (χ0v) is 12.3. The van der Waals surface area contributed by atoms with Crippen molar-refractivity contribution in [2.24, 2.45) is 0 Å². The van der Waals surface area contributed by atoms with Gasteiger partial charge in [-0.3, -0.25) is 4.68 Å². The summed E-state index contributed by atoms with van der Waals surface area (Å²) in [6, 6.07) is 9.88. The average molecular weight is 274 g/mol. The minimum Gasteiger partial charge on any atom is -0.487 e. The molecule has 0 radical (unpaired) electrons. The SMILES string of the molecule is CCC(C)n1ccc(COc2ccc([C@@H](C)O)cc2)n1. The van der Waals surface area contributed by atoms with E-state index < -0.39 is 6.10 Å². The van der Waals surface area contributed by atoms with Gasteiger partial charge in [0.15, 0.2) is 0 Å². The van der Waals surface area contributed by atoms with E-state index in [1.165, 1.54) is 0 Å². The third-order valence-electron chi connectivity index (χ3n) is 3.46. The molecule has 1 heterocycles. The van der Waals surface area contributed by atoms with Crippen LogP contribution in [0.5, 0.6) is 5.75 Å². The average Bonchev–Trinajstić information content (AvgIpc) is 2.93. The van der Waals surface area contributed by atoms with Crippen LogP contribution in [0.15, 0.2) is 36.5 Å². The molecule has 0 bridgehead atoms. The molecule has 0 amide bonds. The minimum absolute atomic E-state index is 0.411. The lowest BCUT2D eigenvalue weighted by molar-refractivity contribution is 0.199. The molecule has 2 aromatic rings. The van der Waals surface area contributed by atoms with Crippen molar-refractivity contribution in [1.82, 2.24) is 9.78 Å². The van der Waals surface area contributed by atoms with Crippen molar-refractivity contribution in [1.29, 1.82) is 0 Å². The first-order chi connectivity index (χ1) is 9.60. The molecule has 4 nitrogen and oxygen atoms in total. The number of aromatic nitrogens is 2. The van der Waals surface area contributed by atoms with Gasteiger partial charge in [0.05, 0.1) is 11.8 Å². The van der Waals surface area contributed by atoms with Crippen LogP contribution in [0.1, 0.15) is 50.6 Å². The van der Waals surface area contributed by atoms with Crippen LogP contribution in [0.3, 0.4) is 0 Å². The Bertz CT molecular complexity index is 532. The highest BCUT2D eigenvalue weighted by molar-refractivity contribution is 5.28. The Morgan fingerprint density at radius 1 is 1.20 bits per heavy atom. The molecule has 0 aliphatic rings. The van der Waals surface area contributed by atoms with Gasteiger partial charge in [-0.15, -0.1) is 0 Å². The lowest BCUT2D eigenvalue weighted by Gasteiger charge is -2.09. The fourth-order valence-electron chi connectivity index (χ4n) is 1.89. The predicted molar refractivity (Wildman–Crippen MR) is 78.6 cm³/mol. The molecule has 2 rings (SSSR count). The van der Waals surface area contributed by atoms with Gasteiger partial charge in [-0.1, -0.05) is 19.1 Å². The number of ether oxygens (including phenoxy) is 1. The van der Waals surface area contributed by atoms with Gasteiger partial charge in [-0.05, 0) is 44.0 Å². The van der Waals surface area contributed by atoms with E-state index in [2.05, 4.69) is 18.9 Å². The van der Waals surface area contributed by atoms with Crippen LogP contribution >= 0.6 is 0 Å². The van der Waals surface area contributed by atoms with Gasteiger partial charge in [0, 0.05) is 12.2 Å². The standard InChI is InChI=1S/C16H22N2O2/c1-4-12(2)18-10-9-15(17-18)11-20-16-7-5-14(6-8-16)13(3)19/h5-10,12-13,19H,4,11H2,1-3H3/t12?,13-/m1/s1. The van der Waals surface area contributed by atoms with Crippen LogP contribution in [0.2, 0.25) is 0 Å². The molecule has 0 spiro atoms. The number of benzene rings is 1. The smallest absolute Gasteiger partial charge is 0.132 e. The third kappa shape index (κ3) is 3.61. The minimum atomic E-state index is -0.449. The summed E-state index contributed by atoms with van der Waals surface area (Å²) in [6.07, 6.45) is 2.60. The Morgan fingerprint density at radius 2 is 1.90 bits per heavy atom. The first-order valence-corrected chi connectivity index (χ1v) is 7.05. The van der Waals surface area contributed by atoms with Crippen molar-refractivity contribution >= 4 is 0 Å². The highest BCUT2D eigenvalue weighted by Gasteiger charge is 2.05. The molecule has 0 aliphatic heterocycles. The van der Waals surface area contributed by atoms with Crippen molar-refractivity contribution < 1.29 is 9.84 Å². The quantitative estimate of drug-likeness (QED) is 0.877. The predicted octanol–water partition coefficient (Wildman–Crippen LogP) is 3.49. The van der Waals surface area contributed by atoms with Gasteiger partial charge in [-0.2, -0.15) is 5.10 Å². The number of aliphatic hydroxyl groups is 1. The maximum absolute atomic E-state index is 9.45. The number of hydrogen-bond acceptors (Lipinski definition) is 3. The van der Waals surface area contributed by atoms with Crippen molar-refractivity contribution in [3.63, 3.8) is 0 Å². The summed E-state index contributed by atoms with van der Waals surface area (Å²) in [5.41, 5.74) is 1.81. The number of nitrogens with zero attached hydrogens (tertiary/aromatic N) is 2. The fraction of sp³-hybridized carbons (Fsp3) is 0.438. The van der Waals surface area contributed by atoms with Gasteiger partial charge >= 0.3 is 0 Å². The lowest BCUT2D eigenvalue weighted by Crippen LogP contribution is -2.05. The maximum Gasteiger partial charge on any atom is 0.132 e. The topological polar surface area (TPSA) is 47.3 Å². The van der Waals surface area contributed by atoms with Crippen LogP contribution in [-0.2, 0) is 6.61 Å². The van der Waals surface area contributed by atoms with Crippen molar-refractivity contribution in [3.8, 4) is 5.75 Å². The van der Waals surface area contributed by atoms with E-state index in [1.54, 1.807) is 6.92 Å². The van der Waals surface area contributed by atoms with E-state index >= 15 is 0 Å². The van der Waals surface area contributed by atoms with Crippen LogP contribution in [0.25, 0.3) is 0 Å². The summed E-state index contributed by atoms with van der Waals surface area (Å²) in [7, 11) is 0. The molecule has 1 unspecified atom stereocenters. The molecular weight excluding hydrogens is 252 g/mol. The van der Waals surface area contributed by atoms with Crippen LogP contribution in [0.4, 0.5) is 0 Å². The summed E-state index contributed by atoms with van der Waals surface area (Å²) in [4.78, 5) is 0. The van der Waals surface area contributed by atoms with Crippen LogP contribution in [0, 0.1) is 0 Å². The monoisotopic (exact) mass is 274 g/mol. The molecule has 1 aromatic carbocycles. The molecule has 0 saturated heterocycles. The molecule has 4 heteroatoms. The molecule has 0 saturated carbocycles. The van der Waals surface area contributed by atoms with Crippen LogP contribution in [-0.4, -0.2) is 14.9 Å². The highest BCUT2D eigenvalue weighted by atomic mass is 16.5. The Labute approximate surface area is 120 Å². The van der Waals surface area contributed by atoms with E-state index in [4.69, 9.17) is 4.74 Å². The van der Waals surface area contributed by atoms with Crippen molar-refractivity contribution in [2.75, 3.05) is 0 Å². The highest BCUT2D eigenvalue weighted by Crippen LogP contribution is 2.18. The molecule has 0 aliphatic carbocycles. The summed E-state index contributed by atoms with van der Waals surface area (Å²) < 4.78 is 7.66. The first-order valence-electron chi connectivity index (χ1n) is 7.05. The Hall–Kier alpha value is -1.81. The molecule has 20 heavy (non-hydrogen) atoms. The molecule has 2 atom stereocenters. The van der Waals surface area contributed by atoms with Gasteiger partial charge in [0.25, 0.3) is 0 Å². The third-order valence-corrected chi connectivity index (χ3v) is 3.46. The summed E-state index contributed by atoms with van der Waals surface area (Å²) in [5.74, 6) is 0.785. The summed E-state index contributed by atoms with van der Waals surface area (Å²) in [6.45, 7) is 6.49. The Morgan fingerprint density at radius 3 is 2.50 bits per heavy atom. The Kier molecular flexibility index (Phi) is 4.79. The van der Waals surface area contributed by atoms with Gasteiger partial charge in [0.2, 0.25) is 0 Å². The largest absolute Gasteiger partial charge is 0.487 e. The van der Waals surface area contributed by atoms with E-state index in [0.717, 1.165) is 23.4 Å². The molecular formula is C16H22N2O2. The first kappa shape index (κ1) is 14.6. The van der Waals surface area contributed by atoms with E-state index in [9.17, 15) is 5.11 Å². The normalized spacial score (nSPS) is 14.0. The second kappa shape index (κ2) is 6.57. The van der Waals surface area contributed by atoms with Crippen LogP contribution < -0.4 is 4.74 Å². The summed E-state index contributed by atoms with van der Waals surface area (Å²) in [5, 5.41) is 13.9. The second-order valence-corrected chi connectivity index (χ2v) is 5.08. The molecule has 0 fully saturated rings. The van der Waals surface area contributed by atoms with Crippen molar-refractivity contribution in [2.45, 2.75) is 45.9 Å². The summed E-state index contributed by atoms with van der Waals surface area (Å²) >= 11 is 0. The second-order valence-electron chi connectivity index (χ2n) is 5.08. The number of aliphatic hydroxyl groups excluding tert-OH is 1. The van der Waals surface area contributed by atoms with Crippen molar-refractivity contribution in [3.05, 3.63) is 47.8 Å². The van der Waals surface area contributed by atoms with Gasteiger partial charge in [-0.25, -0.2) is 0 Å². The van der Waals surface area contributed by atoms with Gasteiger partial charge < -0.3 is 9.84 Å². The van der Waals surface area contributed by atoms with E-state index in [0.29, 0.717) is 12.6 Å². The molecule has 1 N–H and O–H groups in total. The Balaban J connectivity index is 1.93. The van der Waals surface area contributed by atoms with Gasteiger partial charge in [0.1, 0.15) is 12.4 Å². The fourth-order valence-corrected chi connectivity index (χ4v) is 1.89.